The third-order valence-electron chi connectivity index (χ3n) is 3.99. The molecular weight excluding hydrogens is 360 g/mol. The summed E-state index contributed by atoms with van der Waals surface area (Å²) in [6.45, 7) is 2.12. The van der Waals surface area contributed by atoms with E-state index in [1.165, 1.54) is 13.2 Å². The van der Waals surface area contributed by atoms with Crippen LogP contribution in [-0.4, -0.2) is 32.3 Å². The van der Waals surface area contributed by atoms with Gasteiger partial charge in [0.15, 0.2) is 0 Å². The van der Waals surface area contributed by atoms with Crippen molar-refractivity contribution in [3.05, 3.63) is 71.5 Å². The first kappa shape index (κ1) is 19.4. The van der Waals surface area contributed by atoms with Crippen LogP contribution in [0.1, 0.15) is 21.7 Å². The van der Waals surface area contributed by atoms with Gasteiger partial charge in [0.1, 0.15) is 29.3 Å². The van der Waals surface area contributed by atoms with Gasteiger partial charge in [0.25, 0.3) is 0 Å². The highest BCUT2D eigenvalue weighted by atomic mass is 16.6. The summed E-state index contributed by atoms with van der Waals surface area (Å²) in [5.41, 5.74) is 1.71. The Hall–Kier alpha value is -3.38. The molecule has 0 radical (unpaired) electrons. The number of fused-ring (bicyclic) bond motifs is 1. The van der Waals surface area contributed by atoms with Crippen LogP contribution >= 0.6 is 0 Å². The van der Waals surface area contributed by atoms with Crippen LogP contribution < -0.4 is 4.74 Å². The predicted molar refractivity (Wildman–Crippen MR) is 104 cm³/mol. The summed E-state index contributed by atoms with van der Waals surface area (Å²) < 4.78 is 21.0. The van der Waals surface area contributed by atoms with Gasteiger partial charge < -0.3 is 18.6 Å². The molecule has 0 saturated carbocycles. The Kier molecular flexibility index (Phi) is 6.24. The Bertz CT molecular complexity index is 1000. The molecule has 1 heterocycles. The van der Waals surface area contributed by atoms with Gasteiger partial charge in [-0.2, -0.15) is 0 Å². The van der Waals surface area contributed by atoms with Crippen LogP contribution in [-0.2, 0) is 14.3 Å². The molecule has 0 N–H and O–H groups in total. The van der Waals surface area contributed by atoms with Crippen molar-refractivity contribution in [1.29, 1.82) is 0 Å². The Morgan fingerprint density at radius 2 is 1.86 bits per heavy atom. The molecule has 6 nitrogen and oxygen atoms in total. The minimum Gasteiger partial charge on any atom is -0.460 e. The largest absolute Gasteiger partial charge is 0.460 e. The van der Waals surface area contributed by atoms with Crippen molar-refractivity contribution in [1.82, 2.24) is 0 Å². The van der Waals surface area contributed by atoms with E-state index in [-0.39, 0.29) is 6.61 Å². The first-order valence-electron chi connectivity index (χ1n) is 8.72. The molecule has 3 aromatic rings. The van der Waals surface area contributed by atoms with E-state index in [2.05, 4.69) is 0 Å². The summed E-state index contributed by atoms with van der Waals surface area (Å²) in [5, 5.41) is 0.525. The topological polar surface area (TPSA) is 75.0 Å². The number of furan rings is 1. The summed E-state index contributed by atoms with van der Waals surface area (Å²) in [7, 11) is 1.53. The van der Waals surface area contributed by atoms with Gasteiger partial charge in [0.2, 0.25) is 0 Å². The average Bonchev–Trinajstić information content (AvgIpc) is 3.02. The van der Waals surface area contributed by atoms with Crippen LogP contribution in [0.3, 0.4) is 0 Å². The van der Waals surface area contributed by atoms with E-state index in [4.69, 9.17) is 18.6 Å². The highest BCUT2D eigenvalue weighted by Crippen LogP contribution is 2.29. The van der Waals surface area contributed by atoms with E-state index in [0.29, 0.717) is 34.6 Å². The summed E-state index contributed by atoms with van der Waals surface area (Å²) in [5.74, 6) is -0.291. The molecule has 0 bridgehead atoms. The van der Waals surface area contributed by atoms with Gasteiger partial charge in [0, 0.05) is 18.6 Å². The maximum absolute atomic E-state index is 12.4. The number of hydrogen-bond donors (Lipinski definition) is 0. The van der Waals surface area contributed by atoms with Gasteiger partial charge in [-0.3, -0.25) is 0 Å². The smallest absolute Gasteiger partial charge is 0.342 e. The average molecular weight is 380 g/mol. The molecule has 0 saturated heterocycles. The Balaban J connectivity index is 1.77. The van der Waals surface area contributed by atoms with E-state index in [1.807, 2.05) is 30.3 Å². The van der Waals surface area contributed by atoms with Crippen molar-refractivity contribution in [2.75, 3.05) is 20.3 Å². The molecule has 0 unspecified atom stereocenters. The zero-order valence-corrected chi connectivity index (χ0v) is 15.6. The second-order valence-corrected chi connectivity index (χ2v) is 5.99. The SMILES string of the molecule is COCCOC(=O)c1c(C)oc2ccc(OC(=O)/C=C/c3ccccc3)cc12. The standard InChI is InChI=1S/C22H20O6/c1-15-21(22(24)26-13-12-25-2)18-14-17(9-10-19(18)27-15)28-20(23)11-8-16-6-4-3-5-7-16/h3-11,14H,12-13H2,1-2H3/b11-8+. The molecule has 0 aliphatic carbocycles. The van der Waals surface area contributed by atoms with Crippen LogP contribution in [0, 0.1) is 6.92 Å². The number of carbonyl (C=O) groups excluding carboxylic acids is 2. The monoisotopic (exact) mass is 380 g/mol. The zero-order valence-electron chi connectivity index (χ0n) is 15.6. The molecule has 6 heteroatoms. The summed E-state index contributed by atoms with van der Waals surface area (Å²) in [6.07, 6.45) is 3.02. The van der Waals surface area contributed by atoms with Crippen molar-refractivity contribution in [3.8, 4) is 5.75 Å². The summed E-state index contributed by atoms with van der Waals surface area (Å²) >= 11 is 0. The first-order valence-corrected chi connectivity index (χ1v) is 8.72. The van der Waals surface area contributed by atoms with Gasteiger partial charge in [-0.25, -0.2) is 9.59 Å². The van der Waals surface area contributed by atoms with Gasteiger partial charge in [0.05, 0.1) is 6.61 Å². The zero-order chi connectivity index (χ0) is 19.9. The second kappa shape index (κ2) is 9.01. The van der Waals surface area contributed by atoms with Gasteiger partial charge in [-0.15, -0.1) is 0 Å². The number of rotatable bonds is 7. The van der Waals surface area contributed by atoms with Crippen LogP contribution in [0.25, 0.3) is 17.0 Å². The molecule has 3 rings (SSSR count). The van der Waals surface area contributed by atoms with Crippen molar-refractivity contribution in [2.24, 2.45) is 0 Å². The molecule has 0 atom stereocenters. The van der Waals surface area contributed by atoms with Gasteiger partial charge >= 0.3 is 11.9 Å². The molecule has 0 amide bonds. The number of benzene rings is 2. The van der Waals surface area contributed by atoms with E-state index >= 15 is 0 Å². The van der Waals surface area contributed by atoms with Crippen LogP contribution in [0.2, 0.25) is 0 Å². The van der Waals surface area contributed by atoms with Crippen molar-refractivity contribution >= 4 is 29.0 Å². The van der Waals surface area contributed by atoms with Crippen molar-refractivity contribution in [3.63, 3.8) is 0 Å². The van der Waals surface area contributed by atoms with E-state index in [1.54, 1.807) is 31.2 Å². The fourth-order valence-corrected chi connectivity index (χ4v) is 2.68. The highest BCUT2D eigenvalue weighted by Gasteiger charge is 2.20. The minimum absolute atomic E-state index is 0.139. The minimum atomic E-state index is -0.521. The molecule has 28 heavy (non-hydrogen) atoms. The lowest BCUT2D eigenvalue weighted by molar-refractivity contribution is -0.128. The van der Waals surface area contributed by atoms with E-state index in [0.717, 1.165) is 5.56 Å². The third-order valence-corrected chi connectivity index (χ3v) is 3.99. The highest BCUT2D eigenvalue weighted by molar-refractivity contribution is 6.05. The Morgan fingerprint density at radius 3 is 2.61 bits per heavy atom. The molecule has 0 fully saturated rings. The number of esters is 2. The van der Waals surface area contributed by atoms with Gasteiger partial charge in [-0.05, 0) is 36.8 Å². The Labute approximate surface area is 162 Å². The molecule has 0 aliphatic rings. The number of methoxy groups -OCH3 is 1. The van der Waals surface area contributed by atoms with Gasteiger partial charge in [-0.1, -0.05) is 30.3 Å². The van der Waals surface area contributed by atoms with E-state index in [9.17, 15) is 9.59 Å². The lowest BCUT2D eigenvalue weighted by Gasteiger charge is -2.04. The molecule has 144 valence electrons. The summed E-state index contributed by atoms with van der Waals surface area (Å²) in [6, 6.07) is 14.3. The van der Waals surface area contributed by atoms with Crippen LogP contribution in [0.4, 0.5) is 0 Å². The maximum atomic E-state index is 12.4. The predicted octanol–water partition coefficient (Wildman–Crippen LogP) is 4.16. The molecular formula is C22H20O6. The first-order chi connectivity index (χ1) is 13.6. The number of aryl methyl sites for hydroxylation is 1. The summed E-state index contributed by atoms with van der Waals surface area (Å²) in [4.78, 5) is 24.4. The molecule has 0 aliphatic heterocycles. The van der Waals surface area contributed by atoms with Crippen molar-refractivity contribution in [2.45, 2.75) is 6.92 Å². The van der Waals surface area contributed by atoms with Crippen LogP contribution in [0.5, 0.6) is 5.75 Å². The second-order valence-electron chi connectivity index (χ2n) is 5.99. The lowest BCUT2D eigenvalue weighted by atomic mass is 10.1. The molecule has 0 spiro atoms. The Morgan fingerprint density at radius 1 is 1.07 bits per heavy atom. The maximum Gasteiger partial charge on any atom is 0.342 e. The fraction of sp³-hybridized carbons (Fsp3) is 0.182. The lowest BCUT2D eigenvalue weighted by Crippen LogP contribution is -2.10. The third kappa shape index (κ3) is 4.66. The number of ether oxygens (including phenoxy) is 3. The number of carbonyl (C=O) groups is 2. The normalized spacial score (nSPS) is 11.1. The van der Waals surface area contributed by atoms with E-state index < -0.39 is 11.9 Å². The quantitative estimate of drug-likeness (QED) is 0.265. The van der Waals surface area contributed by atoms with Crippen LogP contribution in [0.15, 0.2) is 59.0 Å². The van der Waals surface area contributed by atoms with Crippen molar-refractivity contribution < 1.29 is 28.2 Å². The fourth-order valence-electron chi connectivity index (χ4n) is 2.68. The molecule has 2 aromatic carbocycles. The number of hydrogen-bond acceptors (Lipinski definition) is 6. The molecule has 1 aromatic heterocycles.